The van der Waals surface area contributed by atoms with Crippen LogP contribution in [0.1, 0.15) is 18.4 Å². The molecule has 0 bridgehead atoms. The number of nitrogens with two attached hydrogens (primary N) is 1. The Bertz CT molecular complexity index is 629. The van der Waals surface area contributed by atoms with Crippen LogP contribution in [-0.2, 0) is 0 Å². The van der Waals surface area contributed by atoms with Crippen LogP contribution in [0.2, 0.25) is 0 Å². The normalized spacial score (nSPS) is 17.1. The van der Waals surface area contributed by atoms with E-state index in [1.165, 1.54) is 11.9 Å². The van der Waals surface area contributed by atoms with Crippen molar-refractivity contribution in [2.75, 3.05) is 30.8 Å². The van der Waals surface area contributed by atoms with E-state index in [-0.39, 0.29) is 0 Å². The van der Waals surface area contributed by atoms with Crippen LogP contribution in [0.3, 0.4) is 0 Å². The lowest BCUT2D eigenvalue weighted by Gasteiger charge is -2.33. The summed E-state index contributed by atoms with van der Waals surface area (Å²) < 4.78 is 2.89. The van der Waals surface area contributed by atoms with Gasteiger partial charge in [0.15, 0.2) is 5.82 Å². The molecule has 0 atom stereocenters. The number of fused-ring (bicyclic) bond motifs is 1. The maximum Gasteiger partial charge on any atom is 0.152 e. The van der Waals surface area contributed by atoms with Crippen LogP contribution in [0, 0.1) is 6.92 Å². The molecule has 3 rings (SSSR count). The number of aromatic nitrogens is 3. The van der Waals surface area contributed by atoms with E-state index < -0.39 is 0 Å². The van der Waals surface area contributed by atoms with Gasteiger partial charge >= 0.3 is 0 Å². The van der Waals surface area contributed by atoms with Crippen LogP contribution in [0.15, 0.2) is 10.8 Å². The van der Waals surface area contributed by atoms with Gasteiger partial charge in [0.25, 0.3) is 0 Å². The summed E-state index contributed by atoms with van der Waals surface area (Å²) >= 11 is 3.62. The Morgan fingerprint density at radius 2 is 2.10 bits per heavy atom. The van der Waals surface area contributed by atoms with Gasteiger partial charge in [0, 0.05) is 24.7 Å². The summed E-state index contributed by atoms with van der Waals surface area (Å²) in [7, 11) is 2.03. The third-order valence-corrected chi connectivity index (χ3v) is 5.06. The second-order valence-electron chi connectivity index (χ2n) is 5.22. The average molecular weight is 339 g/mol. The van der Waals surface area contributed by atoms with Crippen LogP contribution in [0.25, 0.3) is 5.52 Å². The first-order chi connectivity index (χ1) is 9.63. The summed E-state index contributed by atoms with van der Waals surface area (Å²) in [4.78, 5) is 6.46. The molecule has 108 valence electrons. The molecule has 0 amide bonds. The molecule has 3 N–H and O–H groups in total. The van der Waals surface area contributed by atoms with Gasteiger partial charge in [0.05, 0.1) is 4.47 Å². The summed E-state index contributed by atoms with van der Waals surface area (Å²) in [5, 5.41) is 7.73. The van der Waals surface area contributed by atoms with E-state index in [1.807, 2.05) is 11.6 Å². The third kappa shape index (κ3) is 2.05. The zero-order valence-corrected chi connectivity index (χ0v) is 13.3. The van der Waals surface area contributed by atoms with Gasteiger partial charge in [-0.05, 0) is 42.7 Å². The van der Waals surface area contributed by atoms with Crippen LogP contribution in [0.5, 0.6) is 0 Å². The second-order valence-corrected chi connectivity index (χ2v) is 6.01. The number of anilines is 2. The predicted molar refractivity (Wildman–Crippen MR) is 84.1 cm³/mol. The van der Waals surface area contributed by atoms with Crippen molar-refractivity contribution in [3.63, 3.8) is 0 Å². The fourth-order valence-corrected chi connectivity index (χ4v) is 3.47. The van der Waals surface area contributed by atoms with Crippen molar-refractivity contribution in [2.24, 2.45) is 0 Å². The summed E-state index contributed by atoms with van der Waals surface area (Å²) in [6.07, 6.45) is 3.79. The highest BCUT2D eigenvalue weighted by Crippen LogP contribution is 2.36. The number of hydrogen-bond acceptors (Lipinski definition) is 5. The highest BCUT2D eigenvalue weighted by molar-refractivity contribution is 9.10. The van der Waals surface area contributed by atoms with E-state index in [2.05, 4.69) is 43.2 Å². The number of nitrogens with zero attached hydrogens (tertiary/aromatic N) is 4. The summed E-state index contributed by atoms with van der Waals surface area (Å²) in [5.74, 6) is 1.63. The van der Waals surface area contributed by atoms with Crippen molar-refractivity contribution in [3.05, 3.63) is 16.4 Å². The van der Waals surface area contributed by atoms with Gasteiger partial charge < -0.3 is 16.0 Å². The lowest BCUT2D eigenvalue weighted by molar-refractivity contribution is 0.439. The number of halogens is 1. The largest absolute Gasteiger partial charge is 0.382 e. The van der Waals surface area contributed by atoms with Gasteiger partial charge in [-0.25, -0.2) is 9.50 Å². The molecule has 2 aromatic heterocycles. The fourth-order valence-electron chi connectivity index (χ4n) is 2.92. The number of nitrogens with one attached hydrogen (secondary N) is 1. The topological polar surface area (TPSA) is 71.5 Å². The Morgan fingerprint density at radius 1 is 1.40 bits per heavy atom. The van der Waals surface area contributed by atoms with Crippen molar-refractivity contribution in [1.82, 2.24) is 19.9 Å². The summed E-state index contributed by atoms with van der Waals surface area (Å²) in [5.41, 5.74) is 8.01. The van der Waals surface area contributed by atoms with Gasteiger partial charge in [-0.2, -0.15) is 5.10 Å². The molecule has 1 aliphatic heterocycles. The Hall–Kier alpha value is -1.34. The Morgan fingerprint density at radius 3 is 2.75 bits per heavy atom. The molecule has 0 saturated carbocycles. The lowest BCUT2D eigenvalue weighted by atomic mass is 10.1. The van der Waals surface area contributed by atoms with E-state index in [1.54, 1.807) is 0 Å². The molecule has 0 radical (unpaired) electrons. The Balaban J connectivity index is 2.04. The minimum Gasteiger partial charge on any atom is -0.382 e. The Labute approximate surface area is 126 Å². The second kappa shape index (κ2) is 5.21. The van der Waals surface area contributed by atoms with E-state index >= 15 is 0 Å². The van der Waals surface area contributed by atoms with E-state index in [9.17, 15) is 0 Å². The van der Waals surface area contributed by atoms with Gasteiger partial charge in [-0.1, -0.05) is 0 Å². The lowest BCUT2D eigenvalue weighted by Crippen LogP contribution is -2.42. The number of hydrogen-bond donors (Lipinski definition) is 2. The maximum atomic E-state index is 5.98. The molecule has 0 spiro atoms. The van der Waals surface area contributed by atoms with Crippen LogP contribution in [0.4, 0.5) is 11.6 Å². The number of rotatable bonds is 2. The van der Waals surface area contributed by atoms with Crippen molar-refractivity contribution < 1.29 is 0 Å². The minimum absolute atomic E-state index is 0.506. The van der Waals surface area contributed by atoms with Gasteiger partial charge in [0.2, 0.25) is 0 Å². The van der Waals surface area contributed by atoms with Crippen molar-refractivity contribution in [2.45, 2.75) is 25.8 Å². The molecule has 0 aromatic carbocycles. The highest BCUT2D eigenvalue weighted by atomic mass is 79.9. The SMILES string of the molecule is CNC1CCN(c2c(C)c(Br)c3c(N)ncnn23)CC1. The van der Waals surface area contributed by atoms with Crippen molar-refractivity contribution in [3.8, 4) is 0 Å². The van der Waals surface area contributed by atoms with E-state index in [4.69, 9.17) is 5.73 Å². The van der Waals surface area contributed by atoms with E-state index in [0.29, 0.717) is 11.9 Å². The van der Waals surface area contributed by atoms with Gasteiger partial charge in [-0.15, -0.1) is 0 Å². The first-order valence-corrected chi connectivity index (χ1v) is 7.62. The molecule has 2 aromatic rings. The molecule has 1 fully saturated rings. The van der Waals surface area contributed by atoms with Crippen LogP contribution >= 0.6 is 15.9 Å². The Kier molecular flexibility index (Phi) is 3.55. The molecule has 0 aliphatic carbocycles. The van der Waals surface area contributed by atoms with Crippen molar-refractivity contribution in [1.29, 1.82) is 0 Å². The fraction of sp³-hybridized carbons (Fsp3) is 0.538. The van der Waals surface area contributed by atoms with Gasteiger partial charge in [-0.3, -0.25) is 0 Å². The molecule has 1 saturated heterocycles. The predicted octanol–water partition coefficient (Wildman–Crippen LogP) is 1.57. The number of piperidine rings is 1. The first kappa shape index (κ1) is 13.6. The monoisotopic (exact) mass is 338 g/mol. The number of nitrogen functional groups attached to an aromatic ring is 1. The molecule has 20 heavy (non-hydrogen) atoms. The molecule has 3 heterocycles. The summed E-state index contributed by atoms with van der Waals surface area (Å²) in [6.45, 7) is 4.14. The maximum absolute atomic E-state index is 5.98. The molecular weight excluding hydrogens is 320 g/mol. The highest BCUT2D eigenvalue weighted by Gasteiger charge is 2.25. The first-order valence-electron chi connectivity index (χ1n) is 6.83. The van der Waals surface area contributed by atoms with Gasteiger partial charge in [0.1, 0.15) is 17.7 Å². The molecular formula is C13H19BrN6. The quantitative estimate of drug-likeness (QED) is 0.869. The average Bonchev–Trinajstić information content (AvgIpc) is 2.72. The summed E-state index contributed by atoms with van der Waals surface area (Å²) in [6, 6.07) is 0.612. The third-order valence-electron chi connectivity index (χ3n) is 4.09. The minimum atomic E-state index is 0.506. The standard InChI is InChI=1S/C13H19BrN6/c1-8-10(14)11-12(15)17-7-18-20(11)13(8)19-5-3-9(16-2)4-6-19/h7,9,16H,3-6H2,1-2H3,(H2,15,17,18). The zero-order valence-electron chi connectivity index (χ0n) is 11.7. The molecule has 1 aliphatic rings. The molecule has 7 heteroatoms. The molecule has 6 nitrogen and oxygen atoms in total. The molecule has 0 unspecified atom stereocenters. The van der Waals surface area contributed by atoms with Crippen LogP contribution in [-0.4, -0.2) is 40.8 Å². The van der Waals surface area contributed by atoms with E-state index in [0.717, 1.165) is 41.7 Å². The van der Waals surface area contributed by atoms with Crippen molar-refractivity contribution >= 4 is 33.1 Å². The van der Waals surface area contributed by atoms with Crippen LogP contribution < -0.4 is 16.0 Å². The zero-order chi connectivity index (χ0) is 14.3. The smallest absolute Gasteiger partial charge is 0.152 e.